The van der Waals surface area contributed by atoms with Gasteiger partial charge < -0.3 is 9.84 Å². The molecule has 0 spiro atoms. The van der Waals surface area contributed by atoms with Gasteiger partial charge >= 0.3 is 0 Å². The van der Waals surface area contributed by atoms with E-state index < -0.39 is 11.5 Å². The Hall–Kier alpha value is -0.590. The Morgan fingerprint density at radius 2 is 2.55 bits per heavy atom. The molecule has 2 atom stereocenters. The molecule has 0 aromatic carbocycles. The Morgan fingerprint density at radius 1 is 1.82 bits per heavy atom. The Kier molecular flexibility index (Phi) is 2.48. The van der Waals surface area contributed by atoms with Gasteiger partial charge in [0.2, 0.25) is 0 Å². The number of ether oxygens (including phenoxy) is 1. The van der Waals surface area contributed by atoms with Crippen LogP contribution in [0, 0.1) is 16.7 Å². The second-order valence-electron chi connectivity index (χ2n) is 2.99. The molecule has 1 heterocycles. The van der Waals surface area contributed by atoms with Gasteiger partial charge in [0, 0.05) is 6.61 Å². The lowest BCUT2D eigenvalue weighted by Gasteiger charge is -2.23. The lowest BCUT2D eigenvalue weighted by Crippen LogP contribution is -2.33. The van der Waals surface area contributed by atoms with E-state index in [0.717, 1.165) is 0 Å². The lowest BCUT2D eigenvalue weighted by atomic mass is 9.82. The van der Waals surface area contributed by atoms with Crippen molar-refractivity contribution in [3.63, 3.8) is 0 Å². The Balaban J connectivity index is 2.68. The molecule has 1 saturated heterocycles. The highest BCUT2D eigenvalue weighted by molar-refractivity contribution is 5.05. The van der Waals surface area contributed by atoms with E-state index in [1.807, 2.05) is 6.92 Å². The van der Waals surface area contributed by atoms with Gasteiger partial charge in [-0.2, -0.15) is 5.26 Å². The van der Waals surface area contributed by atoms with Crippen LogP contribution in [-0.4, -0.2) is 24.4 Å². The fourth-order valence-corrected chi connectivity index (χ4v) is 1.40. The van der Waals surface area contributed by atoms with E-state index in [1.165, 1.54) is 0 Å². The Bertz CT molecular complexity index is 167. The predicted octanol–water partition coefficient (Wildman–Crippen LogP) is 0.688. The molecule has 0 bridgehead atoms. The molecule has 0 aromatic rings. The maximum atomic E-state index is 9.51. The minimum atomic E-state index is -0.616. The predicted molar refractivity (Wildman–Crippen MR) is 39.8 cm³/mol. The van der Waals surface area contributed by atoms with E-state index in [-0.39, 0.29) is 0 Å². The summed E-state index contributed by atoms with van der Waals surface area (Å²) in [6.07, 6.45) is 0.755. The molecule has 1 fully saturated rings. The number of nitrogens with zero attached hydrogens (tertiary/aromatic N) is 1. The number of nitriles is 1. The van der Waals surface area contributed by atoms with Crippen molar-refractivity contribution in [3.8, 4) is 6.07 Å². The Morgan fingerprint density at radius 3 is 2.91 bits per heavy atom. The van der Waals surface area contributed by atoms with Crippen molar-refractivity contribution in [2.45, 2.75) is 25.9 Å². The normalized spacial score (nSPS) is 33.2. The average Bonchev–Trinajstić information content (AvgIpc) is 2.52. The molecule has 0 amide bonds. The van der Waals surface area contributed by atoms with Gasteiger partial charge in [-0.25, -0.2) is 0 Å². The summed E-state index contributed by atoms with van der Waals surface area (Å²) in [5.41, 5.74) is -0.616. The van der Waals surface area contributed by atoms with Crippen molar-refractivity contribution in [3.05, 3.63) is 0 Å². The van der Waals surface area contributed by atoms with Crippen LogP contribution in [0.5, 0.6) is 0 Å². The van der Waals surface area contributed by atoms with Gasteiger partial charge in [-0.1, -0.05) is 6.92 Å². The number of hydrogen-bond donors (Lipinski definition) is 1. The van der Waals surface area contributed by atoms with Gasteiger partial charge in [-0.15, -0.1) is 0 Å². The van der Waals surface area contributed by atoms with Crippen LogP contribution in [0.15, 0.2) is 0 Å². The molecule has 0 saturated carbocycles. The van der Waals surface area contributed by atoms with E-state index in [0.29, 0.717) is 26.1 Å². The molecular formula is C8H13NO2. The summed E-state index contributed by atoms with van der Waals surface area (Å²) >= 11 is 0. The fourth-order valence-electron chi connectivity index (χ4n) is 1.40. The van der Waals surface area contributed by atoms with Crippen LogP contribution in [0.4, 0.5) is 0 Å². The maximum absolute atomic E-state index is 9.51. The van der Waals surface area contributed by atoms with Crippen molar-refractivity contribution in [1.82, 2.24) is 0 Å². The highest BCUT2D eigenvalue weighted by Crippen LogP contribution is 2.32. The van der Waals surface area contributed by atoms with Gasteiger partial charge in [-0.05, 0) is 12.8 Å². The minimum Gasteiger partial charge on any atom is -0.391 e. The zero-order valence-electron chi connectivity index (χ0n) is 6.71. The van der Waals surface area contributed by atoms with Crippen molar-refractivity contribution in [1.29, 1.82) is 5.26 Å². The van der Waals surface area contributed by atoms with E-state index >= 15 is 0 Å². The summed E-state index contributed by atoms with van der Waals surface area (Å²) in [6.45, 7) is 2.87. The zero-order valence-corrected chi connectivity index (χ0v) is 6.71. The third kappa shape index (κ3) is 1.37. The van der Waals surface area contributed by atoms with E-state index in [4.69, 9.17) is 10.00 Å². The summed E-state index contributed by atoms with van der Waals surface area (Å²) in [5.74, 6) is 0. The summed E-state index contributed by atoms with van der Waals surface area (Å²) in [5, 5.41) is 18.3. The van der Waals surface area contributed by atoms with E-state index in [1.54, 1.807) is 0 Å². The molecule has 11 heavy (non-hydrogen) atoms. The molecule has 1 aliphatic heterocycles. The van der Waals surface area contributed by atoms with Crippen molar-refractivity contribution in [2.75, 3.05) is 13.2 Å². The van der Waals surface area contributed by atoms with Crippen LogP contribution in [0.25, 0.3) is 0 Å². The fraction of sp³-hybridized carbons (Fsp3) is 0.875. The molecule has 1 N–H and O–H groups in total. The largest absolute Gasteiger partial charge is 0.391 e. The Labute approximate surface area is 66.6 Å². The molecule has 62 valence electrons. The summed E-state index contributed by atoms with van der Waals surface area (Å²) in [6, 6.07) is 2.15. The van der Waals surface area contributed by atoms with Gasteiger partial charge in [-0.3, -0.25) is 0 Å². The number of hydrogen-bond acceptors (Lipinski definition) is 3. The standard InChI is InChI=1S/C8H13NO2/c1-2-7(10)8(5-9)3-4-11-6-8/h7,10H,2-4,6H2,1H3. The first-order chi connectivity index (χ1) is 5.25. The smallest absolute Gasteiger partial charge is 0.109 e. The quantitative estimate of drug-likeness (QED) is 0.638. The van der Waals surface area contributed by atoms with E-state index in [2.05, 4.69) is 6.07 Å². The van der Waals surface area contributed by atoms with Crippen LogP contribution in [0.1, 0.15) is 19.8 Å². The number of aliphatic hydroxyl groups is 1. The molecule has 1 rings (SSSR count). The molecule has 3 nitrogen and oxygen atoms in total. The zero-order chi connectivity index (χ0) is 8.32. The number of rotatable bonds is 2. The van der Waals surface area contributed by atoms with Crippen LogP contribution in [0.3, 0.4) is 0 Å². The van der Waals surface area contributed by atoms with E-state index in [9.17, 15) is 5.11 Å². The van der Waals surface area contributed by atoms with Gasteiger partial charge in [0.1, 0.15) is 5.41 Å². The van der Waals surface area contributed by atoms with Gasteiger partial charge in [0.15, 0.2) is 0 Å². The average molecular weight is 155 g/mol. The van der Waals surface area contributed by atoms with Crippen molar-refractivity contribution < 1.29 is 9.84 Å². The molecule has 3 heteroatoms. The molecule has 1 aliphatic rings. The number of aliphatic hydroxyl groups excluding tert-OH is 1. The van der Waals surface area contributed by atoms with Crippen LogP contribution in [-0.2, 0) is 4.74 Å². The summed E-state index contributed by atoms with van der Waals surface area (Å²) in [7, 11) is 0. The van der Waals surface area contributed by atoms with Crippen molar-refractivity contribution in [2.24, 2.45) is 5.41 Å². The second kappa shape index (κ2) is 3.21. The molecule has 0 aliphatic carbocycles. The van der Waals surface area contributed by atoms with Crippen LogP contribution >= 0.6 is 0 Å². The first-order valence-electron chi connectivity index (χ1n) is 3.92. The third-order valence-corrected chi connectivity index (χ3v) is 2.30. The molecule has 2 unspecified atom stereocenters. The van der Waals surface area contributed by atoms with Crippen molar-refractivity contribution >= 4 is 0 Å². The highest BCUT2D eigenvalue weighted by Gasteiger charge is 2.41. The van der Waals surface area contributed by atoms with Crippen LogP contribution in [0.2, 0.25) is 0 Å². The van der Waals surface area contributed by atoms with Gasteiger partial charge in [0.05, 0.1) is 18.8 Å². The highest BCUT2D eigenvalue weighted by atomic mass is 16.5. The summed E-state index contributed by atoms with van der Waals surface area (Å²) < 4.78 is 5.09. The maximum Gasteiger partial charge on any atom is 0.109 e. The monoisotopic (exact) mass is 155 g/mol. The van der Waals surface area contributed by atoms with Crippen LogP contribution < -0.4 is 0 Å². The van der Waals surface area contributed by atoms with Gasteiger partial charge in [0.25, 0.3) is 0 Å². The first-order valence-corrected chi connectivity index (χ1v) is 3.92. The SMILES string of the molecule is CCC(O)C1(C#N)CCOC1. The third-order valence-electron chi connectivity index (χ3n) is 2.30. The minimum absolute atomic E-state index is 0.387. The second-order valence-corrected chi connectivity index (χ2v) is 2.99. The topological polar surface area (TPSA) is 53.2 Å². The lowest BCUT2D eigenvalue weighted by molar-refractivity contribution is 0.0486. The molecular weight excluding hydrogens is 142 g/mol. The molecule has 0 aromatic heterocycles. The molecule has 0 radical (unpaired) electrons. The first kappa shape index (κ1) is 8.51. The summed E-state index contributed by atoms with van der Waals surface area (Å²) in [4.78, 5) is 0.